The maximum atomic E-state index is 11.9. The van der Waals surface area contributed by atoms with Gasteiger partial charge in [0.2, 0.25) is 11.0 Å². The molecule has 26 heavy (non-hydrogen) atoms. The molecule has 0 saturated carbocycles. The van der Waals surface area contributed by atoms with E-state index in [1.54, 1.807) is 18.4 Å². The van der Waals surface area contributed by atoms with Crippen molar-refractivity contribution in [2.24, 2.45) is 4.99 Å². The molecule has 0 spiro atoms. The molecule has 2 aromatic heterocycles. The molecule has 1 saturated heterocycles. The van der Waals surface area contributed by atoms with Crippen LogP contribution in [-0.2, 0) is 4.79 Å². The van der Waals surface area contributed by atoms with Gasteiger partial charge in [-0.1, -0.05) is 11.3 Å². The first kappa shape index (κ1) is 16.2. The summed E-state index contributed by atoms with van der Waals surface area (Å²) < 4.78 is 6.10. The number of non-ortho nitro benzene ring substituents is 1. The van der Waals surface area contributed by atoms with E-state index in [0.29, 0.717) is 33.4 Å². The second-order valence-electron chi connectivity index (χ2n) is 5.70. The lowest BCUT2D eigenvalue weighted by Crippen LogP contribution is -2.38. The molecule has 1 aliphatic heterocycles. The number of hydrazine groups is 1. The molecule has 3 heterocycles. The highest BCUT2D eigenvalue weighted by molar-refractivity contribution is 7.22. The normalized spacial score (nSPS) is 18.4. The summed E-state index contributed by atoms with van der Waals surface area (Å²) in [5, 5.41) is 12.8. The number of aliphatic imine (C=N–C) groups is 1. The van der Waals surface area contributed by atoms with Gasteiger partial charge in [-0.3, -0.25) is 20.3 Å². The third-order valence-corrected chi connectivity index (χ3v) is 4.87. The van der Waals surface area contributed by atoms with Gasteiger partial charge in [0.05, 0.1) is 21.4 Å². The SMILES string of the molecule is CC(=O)N1N/C(=N/c2nc3ccc([N+](=O)[O-])cc3s2)CC1c1ccco1. The highest BCUT2D eigenvalue weighted by Gasteiger charge is 2.34. The number of nitrogens with one attached hydrogen (secondary N) is 1. The minimum atomic E-state index is -0.443. The van der Waals surface area contributed by atoms with Gasteiger partial charge in [-0.25, -0.2) is 15.0 Å². The van der Waals surface area contributed by atoms with E-state index >= 15 is 0 Å². The molecule has 10 heteroatoms. The quantitative estimate of drug-likeness (QED) is 0.558. The number of carbonyl (C=O) groups is 1. The number of hydrogen-bond acceptors (Lipinski definition) is 7. The highest BCUT2D eigenvalue weighted by Crippen LogP contribution is 2.33. The molecule has 132 valence electrons. The first-order valence-corrected chi connectivity index (χ1v) is 8.55. The van der Waals surface area contributed by atoms with Gasteiger partial charge in [0.25, 0.3) is 5.69 Å². The minimum Gasteiger partial charge on any atom is -0.467 e. The third kappa shape index (κ3) is 2.90. The average Bonchev–Trinajstić information content (AvgIpc) is 3.32. The van der Waals surface area contributed by atoms with Crippen LogP contribution in [-0.4, -0.2) is 26.7 Å². The lowest BCUT2D eigenvalue weighted by atomic mass is 10.1. The van der Waals surface area contributed by atoms with Crippen LogP contribution in [0.3, 0.4) is 0 Å². The number of carbonyl (C=O) groups excluding carboxylic acids is 1. The Bertz CT molecular complexity index is 1030. The molecule has 0 aliphatic carbocycles. The van der Waals surface area contributed by atoms with Crippen LogP contribution in [0.4, 0.5) is 10.8 Å². The van der Waals surface area contributed by atoms with Crippen LogP contribution < -0.4 is 5.43 Å². The van der Waals surface area contributed by atoms with E-state index in [0.717, 1.165) is 0 Å². The summed E-state index contributed by atoms with van der Waals surface area (Å²) in [6.45, 7) is 1.46. The second kappa shape index (κ2) is 6.23. The number of rotatable bonds is 3. The predicted molar refractivity (Wildman–Crippen MR) is 95.1 cm³/mol. The molecule has 0 bridgehead atoms. The number of benzene rings is 1. The summed E-state index contributed by atoms with van der Waals surface area (Å²) in [5.74, 6) is 1.09. The van der Waals surface area contributed by atoms with Crippen LogP contribution in [0.25, 0.3) is 10.2 Å². The molecule has 9 nitrogen and oxygen atoms in total. The van der Waals surface area contributed by atoms with Crippen molar-refractivity contribution in [3.05, 3.63) is 52.5 Å². The number of nitro benzene ring substituents is 1. The van der Waals surface area contributed by atoms with Gasteiger partial charge in [0.15, 0.2) is 0 Å². The van der Waals surface area contributed by atoms with Gasteiger partial charge in [-0.15, -0.1) is 0 Å². The van der Waals surface area contributed by atoms with E-state index in [9.17, 15) is 14.9 Å². The van der Waals surface area contributed by atoms with Crippen LogP contribution in [0, 0.1) is 10.1 Å². The Morgan fingerprint density at radius 3 is 3.04 bits per heavy atom. The maximum absolute atomic E-state index is 11.9. The Kier molecular flexibility index (Phi) is 3.88. The summed E-state index contributed by atoms with van der Waals surface area (Å²) in [5.41, 5.74) is 3.64. The maximum Gasteiger partial charge on any atom is 0.270 e. The topological polar surface area (TPSA) is 114 Å². The Labute approximate surface area is 151 Å². The lowest BCUT2D eigenvalue weighted by molar-refractivity contribution is -0.384. The first-order chi connectivity index (χ1) is 12.5. The molecule has 1 atom stereocenters. The fraction of sp³-hybridized carbons (Fsp3) is 0.188. The van der Waals surface area contributed by atoms with E-state index in [4.69, 9.17) is 4.42 Å². The number of amides is 1. The number of furan rings is 1. The fourth-order valence-electron chi connectivity index (χ4n) is 2.79. The van der Waals surface area contributed by atoms with E-state index in [2.05, 4.69) is 15.4 Å². The van der Waals surface area contributed by atoms with Crippen LogP contribution in [0.2, 0.25) is 0 Å². The zero-order valence-corrected chi connectivity index (χ0v) is 14.4. The Hall–Kier alpha value is -3.27. The number of nitro groups is 1. The van der Waals surface area contributed by atoms with Gasteiger partial charge >= 0.3 is 0 Å². The van der Waals surface area contributed by atoms with Gasteiger partial charge < -0.3 is 4.42 Å². The molecule has 1 N–H and O–H groups in total. The van der Waals surface area contributed by atoms with Gasteiger partial charge in [0, 0.05) is 25.5 Å². The summed E-state index contributed by atoms with van der Waals surface area (Å²) >= 11 is 1.25. The Balaban J connectivity index is 1.64. The Morgan fingerprint density at radius 2 is 2.35 bits per heavy atom. The fourth-order valence-corrected chi connectivity index (χ4v) is 3.69. The highest BCUT2D eigenvalue weighted by atomic mass is 32.1. The molecule has 1 fully saturated rings. The summed E-state index contributed by atoms with van der Waals surface area (Å²) in [4.78, 5) is 31.2. The molecular formula is C16H13N5O4S. The van der Waals surface area contributed by atoms with Crippen LogP contribution >= 0.6 is 11.3 Å². The zero-order chi connectivity index (χ0) is 18.3. The smallest absolute Gasteiger partial charge is 0.270 e. The van der Waals surface area contributed by atoms with Crippen molar-refractivity contribution >= 4 is 44.1 Å². The average molecular weight is 371 g/mol. The number of hydrogen-bond donors (Lipinski definition) is 1. The largest absolute Gasteiger partial charge is 0.467 e. The second-order valence-corrected chi connectivity index (χ2v) is 6.71. The van der Waals surface area contributed by atoms with Gasteiger partial charge in [-0.05, 0) is 18.2 Å². The molecule has 1 amide bonds. The number of fused-ring (bicyclic) bond motifs is 1. The zero-order valence-electron chi connectivity index (χ0n) is 13.6. The summed E-state index contributed by atoms with van der Waals surface area (Å²) in [6.07, 6.45) is 2.02. The van der Waals surface area contributed by atoms with Crippen molar-refractivity contribution in [3.63, 3.8) is 0 Å². The lowest BCUT2D eigenvalue weighted by Gasteiger charge is -2.20. The molecule has 0 radical (unpaired) electrons. The number of amidine groups is 1. The molecule has 4 rings (SSSR count). The predicted octanol–water partition coefficient (Wildman–Crippen LogP) is 3.33. The standard InChI is InChI=1S/C16H13N5O4S/c1-9(22)20-12(13-3-2-6-25-13)8-15(19-20)18-16-17-11-5-4-10(21(23)24)7-14(11)26-16/h2-7,12H,8H2,1H3,(H,17,18,19). The van der Waals surface area contributed by atoms with Crippen molar-refractivity contribution in [3.8, 4) is 0 Å². The van der Waals surface area contributed by atoms with E-state index in [-0.39, 0.29) is 17.6 Å². The van der Waals surface area contributed by atoms with Gasteiger partial charge in [0.1, 0.15) is 17.6 Å². The van der Waals surface area contributed by atoms with Crippen molar-refractivity contribution in [1.82, 2.24) is 15.4 Å². The molecular weight excluding hydrogens is 358 g/mol. The molecule has 1 aliphatic rings. The van der Waals surface area contributed by atoms with Gasteiger partial charge in [-0.2, -0.15) is 0 Å². The van der Waals surface area contributed by atoms with Crippen molar-refractivity contribution in [2.45, 2.75) is 19.4 Å². The van der Waals surface area contributed by atoms with E-state index in [1.165, 1.54) is 35.4 Å². The number of thiazole rings is 1. The Morgan fingerprint density at radius 1 is 1.50 bits per heavy atom. The molecule has 1 aromatic carbocycles. The summed E-state index contributed by atoms with van der Waals surface area (Å²) in [7, 11) is 0. The van der Waals surface area contributed by atoms with E-state index < -0.39 is 4.92 Å². The van der Waals surface area contributed by atoms with Crippen LogP contribution in [0.1, 0.15) is 25.1 Å². The molecule has 1 unspecified atom stereocenters. The van der Waals surface area contributed by atoms with Crippen LogP contribution in [0.15, 0.2) is 46.0 Å². The summed E-state index contributed by atoms with van der Waals surface area (Å²) in [6, 6.07) is 7.79. The monoisotopic (exact) mass is 371 g/mol. The molecule has 3 aromatic rings. The van der Waals surface area contributed by atoms with E-state index in [1.807, 2.05) is 6.07 Å². The third-order valence-electron chi connectivity index (χ3n) is 3.96. The first-order valence-electron chi connectivity index (χ1n) is 7.73. The number of aromatic nitrogens is 1. The van der Waals surface area contributed by atoms with Crippen LogP contribution in [0.5, 0.6) is 0 Å². The van der Waals surface area contributed by atoms with Crippen molar-refractivity contribution in [2.75, 3.05) is 0 Å². The number of nitrogens with zero attached hydrogens (tertiary/aromatic N) is 4. The van der Waals surface area contributed by atoms with Crippen molar-refractivity contribution in [1.29, 1.82) is 0 Å². The minimum absolute atomic E-state index is 0.0139. The van der Waals surface area contributed by atoms with Crippen molar-refractivity contribution < 1.29 is 14.1 Å².